The Labute approximate surface area is 211 Å². The maximum absolute atomic E-state index is 12.8. The Morgan fingerprint density at radius 3 is 2.08 bits per heavy atom. The summed E-state index contributed by atoms with van der Waals surface area (Å²) in [5.74, 6) is -1.66. The molecule has 0 saturated carbocycles. The van der Waals surface area contributed by atoms with Crippen LogP contribution in [0.5, 0.6) is 0 Å². The normalized spacial score (nSPS) is 31.4. The first-order valence-corrected chi connectivity index (χ1v) is 11.8. The number of nitrogens with zero attached hydrogens (tertiary/aromatic N) is 1. The molecule has 0 spiro atoms. The molecule has 2 aliphatic heterocycles. The van der Waals surface area contributed by atoms with Gasteiger partial charge in [0.1, 0.15) is 18.3 Å². The predicted octanol–water partition coefficient (Wildman–Crippen LogP) is 1.49. The molecule has 6 unspecified atom stereocenters. The van der Waals surface area contributed by atoms with Crippen molar-refractivity contribution in [2.75, 3.05) is 6.54 Å². The molecule has 36 heavy (non-hydrogen) atoms. The average Bonchev–Trinajstić information content (AvgIpc) is 3.12. The topological polar surface area (TPSA) is 135 Å². The number of carbonyl (C=O) groups excluding carboxylic acids is 3. The van der Waals surface area contributed by atoms with Crippen molar-refractivity contribution < 1.29 is 34.8 Å². The molecule has 2 aliphatic rings. The van der Waals surface area contributed by atoms with Crippen LogP contribution in [-0.4, -0.2) is 79.8 Å². The summed E-state index contributed by atoms with van der Waals surface area (Å²) < 4.78 is 0. The fourth-order valence-corrected chi connectivity index (χ4v) is 3.76. The van der Waals surface area contributed by atoms with Crippen molar-refractivity contribution in [2.24, 2.45) is 5.92 Å². The van der Waals surface area contributed by atoms with E-state index in [1.165, 1.54) is 35.3 Å². The van der Waals surface area contributed by atoms with E-state index in [1.54, 1.807) is 43.4 Å². The Morgan fingerprint density at radius 1 is 0.778 bits per heavy atom. The third-order valence-electron chi connectivity index (χ3n) is 5.99. The molecule has 2 rings (SSSR count). The number of carbonyl (C=O) groups is 3. The van der Waals surface area contributed by atoms with Crippen molar-refractivity contribution in [2.45, 2.75) is 57.6 Å². The highest BCUT2D eigenvalue weighted by Gasteiger charge is 2.39. The molecule has 194 valence electrons. The lowest BCUT2D eigenvalue weighted by Crippen LogP contribution is -2.40. The van der Waals surface area contributed by atoms with Gasteiger partial charge in [0.2, 0.25) is 5.91 Å². The van der Waals surface area contributed by atoms with Crippen LogP contribution in [-0.2, 0) is 14.4 Å². The molecule has 0 aromatic heterocycles. The number of amides is 1. The van der Waals surface area contributed by atoms with Crippen molar-refractivity contribution in [3.63, 3.8) is 0 Å². The van der Waals surface area contributed by atoms with E-state index in [0.29, 0.717) is 12.1 Å². The van der Waals surface area contributed by atoms with Crippen LogP contribution in [0.2, 0.25) is 0 Å². The number of hydrogen-bond donors (Lipinski definition) is 4. The molecule has 0 aromatic carbocycles. The SMILES string of the molecule is CC1=CC=CC2C(O)C(C)CN2C(=O)CC(=O)C=CC(C)=CC=CC(O)C(O)C(O)C(=O)C=CC=C1. The van der Waals surface area contributed by atoms with Gasteiger partial charge >= 0.3 is 0 Å². The van der Waals surface area contributed by atoms with E-state index in [-0.39, 0.29) is 18.2 Å². The summed E-state index contributed by atoms with van der Waals surface area (Å²) in [5.41, 5.74) is 1.44. The van der Waals surface area contributed by atoms with Crippen LogP contribution in [0, 0.1) is 5.92 Å². The summed E-state index contributed by atoms with van der Waals surface area (Å²) in [6.45, 7) is 5.71. The molecule has 0 bridgehead atoms. The van der Waals surface area contributed by atoms with E-state index in [9.17, 15) is 34.8 Å². The molecular weight excluding hydrogens is 462 g/mol. The van der Waals surface area contributed by atoms with Gasteiger partial charge in [-0.2, -0.15) is 0 Å². The molecule has 1 saturated heterocycles. The highest BCUT2D eigenvalue weighted by atomic mass is 16.4. The van der Waals surface area contributed by atoms with Crippen LogP contribution < -0.4 is 0 Å². The second kappa shape index (κ2) is 13.8. The first kappa shape index (κ1) is 29.1. The molecule has 1 amide bonds. The molecule has 0 radical (unpaired) electrons. The van der Waals surface area contributed by atoms with Gasteiger partial charge in [-0.1, -0.05) is 78.8 Å². The minimum Gasteiger partial charge on any atom is -0.390 e. The number of allylic oxidation sites excluding steroid dienone is 11. The lowest BCUT2D eigenvalue weighted by atomic mass is 10.0. The van der Waals surface area contributed by atoms with E-state index in [2.05, 4.69) is 0 Å². The van der Waals surface area contributed by atoms with Gasteiger partial charge in [0.25, 0.3) is 0 Å². The van der Waals surface area contributed by atoms with Crippen molar-refractivity contribution in [1.29, 1.82) is 0 Å². The summed E-state index contributed by atoms with van der Waals surface area (Å²) in [6, 6.07) is -0.553. The zero-order chi connectivity index (χ0) is 26.8. The second-order valence-electron chi connectivity index (χ2n) is 9.12. The Kier molecular flexibility index (Phi) is 11.1. The van der Waals surface area contributed by atoms with Crippen molar-refractivity contribution >= 4 is 17.5 Å². The minimum atomic E-state index is -1.81. The highest BCUT2D eigenvalue weighted by Crippen LogP contribution is 2.25. The van der Waals surface area contributed by atoms with E-state index in [1.807, 2.05) is 13.8 Å². The lowest BCUT2D eigenvalue weighted by Gasteiger charge is -2.23. The fraction of sp³-hybridized carbons (Fsp3) is 0.393. The molecule has 2 heterocycles. The van der Waals surface area contributed by atoms with Crippen LogP contribution in [0.1, 0.15) is 27.2 Å². The number of fused-ring (bicyclic) bond motifs is 1. The van der Waals surface area contributed by atoms with Gasteiger partial charge in [-0.25, -0.2) is 0 Å². The maximum atomic E-state index is 12.8. The molecular formula is C28H35NO7. The van der Waals surface area contributed by atoms with Crippen molar-refractivity contribution in [3.05, 3.63) is 84.1 Å². The zero-order valence-electron chi connectivity index (χ0n) is 20.8. The zero-order valence-corrected chi connectivity index (χ0v) is 20.8. The van der Waals surface area contributed by atoms with Crippen LogP contribution >= 0.6 is 0 Å². The predicted molar refractivity (Wildman–Crippen MR) is 137 cm³/mol. The maximum Gasteiger partial charge on any atom is 0.230 e. The van der Waals surface area contributed by atoms with Crippen molar-refractivity contribution in [1.82, 2.24) is 4.90 Å². The van der Waals surface area contributed by atoms with Gasteiger partial charge in [-0.3, -0.25) is 14.4 Å². The summed E-state index contributed by atoms with van der Waals surface area (Å²) in [5, 5.41) is 40.7. The third kappa shape index (κ3) is 8.49. The molecule has 0 aliphatic carbocycles. The lowest BCUT2D eigenvalue weighted by molar-refractivity contribution is -0.135. The quantitative estimate of drug-likeness (QED) is 0.373. The smallest absolute Gasteiger partial charge is 0.230 e. The van der Waals surface area contributed by atoms with E-state index in [4.69, 9.17) is 0 Å². The second-order valence-corrected chi connectivity index (χ2v) is 9.12. The van der Waals surface area contributed by atoms with Crippen LogP contribution in [0.3, 0.4) is 0 Å². The Balaban J connectivity index is 2.33. The van der Waals surface area contributed by atoms with Crippen LogP contribution in [0.15, 0.2) is 84.1 Å². The van der Waals surface area contributed by atoms with Gasteiger partial charge in [0, 0.05) is 12.5 Å². The monoisotopic (exact) mass is 497 g/mol. The van der Waals surface area contributed by atoms with E-state index >= 15 is 0 Å². The minimum absolute atomic E-state index is 0.137. The Bertz CT molecular complexity index is 1030. The van der Waals surface area contributed by atoms with E-state index < -0.39 is 42.0 Å². The van der Waals surface area contributed by atoms with Crippen LogP contribution in [0.25, 0.3) is 0 Å². The first-order chi connectivity index (χ1) is 17.0. The van der Waals surface area contributed by atoms with Crippen molar-refractivity contribution in [3.8, 4) is 0 Å². The Hall–Kier alpha value is -3.17. The molecule has 8 nitrogen and oxygen atoms in total. The van der Waals surface area contributed by atoms with Gasteiger partial charge < -0.3 is 25.3 Å². The summed E-state index contributed by atoms with van der Waals surface area (Å²) >= 11 is 0. The Morgan fingerprint density at radius 2 is 1.39 bits per heavy atom. The number of hydrogen-bond acceptors (Lipinski definition) is 7. The number of aliphatic hydroxyl groups excluding tert-OH is 4. The fourth-order valence-electron chi connectivity index (χ4n) is 3.76. The summed E-state index contributed by atoms with van der Waals surface area (Å²) in [6.07, 6.45) is 11.9. The molecule has 1 fully saturated rings. The average molecular weight is 498 g/mol. The number of rotatable bonds is 0. The van der Waals surface area contributed by atoms with Gasteiger partial charge in [-0.05, 0) is 26.0 Å². The highest BCUT2D eigenvalue weighted by molar-refractivity contribution is 6.04. The standard InChI is InChI=1S/C28H35NO7/c1-18-8-4-5-12-23(31)27(35)28(36)24(32)13-7-10-19(2)14-15-21(30)16-25(33)29-17-20(3)26(34)22(29)11-6-9-18/h4-15,20,22,24,26-28,32,34-36H,16-17H2,1-3H3. The number of aliphatic hydroxyl groups is 4. The van der Waals surface area contributed by atoms with Gasteiger partial charge in [0.05, 0.1) is 18.6 Å². The summed E-state index contributed by atoms with van der Waals surface area (Å²) in [4.78, 5) is 38.8. The first-order valence-electron chi connectivity index (χ1n) is 11.8. The summed E-state index contributed by atoms with van der Waals surface area (Å²) in [7, 11) is 0. The molecule has 6 atom stereocenters. The van der Waals surface area contributed by atoms with Gasteiger partial charge in [0.15, 0.2) is 11.6 Å². The molecule has 8 heteroatoms. The largest absolute Gasteiger partial charge is 0.390 e. The third-order valence-corrected chi connectivity index (χ3v) is 5.99. The molecule has 0 aromatic rings. The number of ketones is 2. The molecule has 4 N–H and O–H groups in total. The van der Waals surface area contributed by atoms with E-state index in [0.717, 1.165) is 11.6 Å². The van der Waals surface area contributed by atoms with Crippen LogP contribution in [0.4, 0.5) is 0 Å². The van der Waals surface area contributed by atoms with Gasteiger partial charge in [-0.15, -0.1) is 0 Å².